The third-order valence-corrected chi connectivity index (χ3v) is 11.7. The van der Waals surface area contributed by atoms with Crippen molar-refractivity contribution in [2.45, 2.75) is 83.7 Å². The molecule has 3 atom stereocenters. The highest BCUT2D eigenvalue weighted by atomic mass is 28.4. The summed E-state index contributed by atoms with van der Waals surface area (Å²) in [7, 11) is -2.62. The molecule has 34 heavy (non-hydrogen) atoms. The van der Waals surface area contributed by atoms with Crippen molar-refractivity contribution < 1.29 is 19.0 Å². The second-order valence-electron chi connectivity index (χ2n) is 11.1. The van der Waals surface area contributed by atoms with Gasteiger partial charge in [-0.25, -0.2) is 0 Å². The Morgan fingerprint density at radius 1 is 0.882 bits per heavy atom. The Balaban J connectivity index is 1.85. The molecule has 3 rings (SSSR count). The van der Waals surface area contributed by atoms with Crippen molar-refractivity contribution in [3.05, 3.63) is 60.7 Å². The van der Waals surface area contributed by atoms with Crippen molar-refractivity contribution in [1.29, 1.82) is 0 Å². The van der Waals surface area contributed by atoms with Gasteiger partial charge in [-0.15, -0.1) is 0 Å². The van der Waals surface area contributed by atoms with Crippen molar-refractivity contribution in [3.8, 4) is 0 Å². The topological polar surface area (TPSA) is 47.9 Å². The number of rotatable bonds is 11. The van der Waals surface area contributed by atoms with Crippen LogP contribution in [0.4, 0.5) is 0 Å². The van der Waals surface area contributed by atoms with Crippen molar-refractivity contribution >= 4 is 18.7 Å². The normalized spacial score (nSPS) is 20.4. The highest BCUT2D eigenvalue weighted by molar-refractivity contribution is 6.99. The molecule has 0 radical (unpaired) electrons. The third-order valence-electron chi connectivity index (χ3n) is 6.68. The van der Waals surface area contributed by atoms with Gasteiger partial charge in [0.15, 0.2) is 0 Å². The summed E-state index contributed by atoms with van der Waals surface area (Å²) in [5, 5.41) is 12.5. The molecular weight excluding hydrogens is 440 g/mol. The molecule has 1 N–H and O–H groups in total. The lowest BCUT2D eigenvalue weighted by Crippen LogP contribution is -2.67. The Morgan fingerprint density at radius 3 is 1.97 bits per heavy atom. The van der Waals surface area contributed by atoms with E-state index < -0.39 is 8.32 Å². The molecule has 188 valence electrons. The molecule has 4 nitrogen and oxygen atoms in total. The van der Waals surface area contributed by atoms with E-state index in [0.29, 0.717) is 32.2 Å². The van der Waals surface area contributed by atoms with Crippen LogP contribution < -0.4 is 10.4 Å². The monoisotopic (exact) mass is 484 g/mol. The molecule has 5 heteroatoms. The first-order chi connectivity index (χ1) is 16.2. The van der Waals surface area contributed by atoms with E-state index in [4.69, 9.17) is 13.9 Å². The van der Waals surface area contributed by atoms with E-state index in [9.17, 15) is 5.11 Å². The summed E-state index contributed by atoms with van der Waals surface area (Å²) in [6.45, 7) is 12.9. The first-order valence-electron chi connectivity index (χ1n) is 12.9. The largest absolute Gasteiger partial charge is 0.405 e. The van der Waals surface area contributed by atoms with Gasteiger partial charge >= 0.3 is 0 Å². The summed E-state index contributed by atoms with van der Waals surface area (Å²) < 4.78 is 19.7. The van der Waals surface area contributed by atoms with Crippen molar-refractivity contribution in [1.82, 2.24) is 0 Å². The SMILES string of the molecule is CC(C)COC(CO[C@H]1CCC[C@@H](O)C1)CO[Si](c1ccccc1)(c1ccccc1)C(C)(C)C. The van der Waals surface area contributed by atoms with E-state index in [1.165, 1.54) is 10.4 Å². The van der Waals surface area contributed by atoms with Crippen LogP contribution in [-0.2, 0) is 13.9 Å². The molecule has 1 saturated carbocycles. The minimum atomic E-state index is -2.62. The van der Waals surface area contributed by atoms with Gasteiger partial charge in [0.25, 0.3) is 8.32 Å². The number of hydrogen-bond donors (Lipinski definition) is 1. The minimum absolute atomic E-state index is 0.0767. The molecule has 0 bridgehead atoms. The van der Waals surface area contributed by atoms with Gasteiger partial charge in [0.2, 0.25) is 0 Å². The van der Waals surface area contributed by atoms with E-state index in [0.717, 1.165) is 19.3 Å². The maximum Gasteiger partial charge on any atom is 0.261 e. The number of benzene rings is 2. The van der Waals surface area contributed by atoms with Crippen molar-refractivity contribution in [2.75, 3.05) is 19.8 Å². The molecule has 0 saturated heterocycles. The Labute approximate surface area is 207 Å². The fourth-order valence-corrected chi connectivity index (χ4v) is 9.56. The lowest BCUT2D eigenvalue weighted by Gasteiger charge is -2.43. The standard InChI is InChI=1S/C29H44O4Si/c1-23(2)20-31-26(21-32-25-14-12-13-24(30)19-25)22-33-34(29(3,4)5,27-15-8-6-9-16-27)28-17-10-7-11-18-28/h6-11,15-18,23-26,30H,12-14,19-22H2,1-5H3/t24-,25+,26?/m1/s1. The molecular formula is C29H44O4Si. The maximum absolute atomic E-state index is 10.0. The molecule has 1 fully saturated rings. The predicted octanol–water partition coefficient (Wildman–Crippen LogP) is 4.92. The Kier molecular flexibility index (Phi) is 9.92. The van der Waals surface area contributed by atoms with Crippen LogP contribution in [0.3, 0.4) is 0 Å². The first kappa shape index (κ1) is 27.1. The van der Waals surface area contributed by atoms with Crippen molar-refractivity contribution in [2.24, 2.45) is 5.92 Å². The van der Waals surface area contributed by atoms with Crippen LogP contribution in [0.25, 0.3) is 0 Å². The molecule has 0 aliphatic heterocycles. The average molecular weight is 485 g/mol. The van der Waals surface area contributed by atoms with Gasteiger partial charge < -0.3 is 19.0 Å². The summed E-state index contributed by atoms with van der Waals surface area (Å²) in [5.74, 6) is 0.437. The van der Waals surface area contributed by atoms with Gasteiger partial charge in [-0.3, -0.25) is 0 Å². The highest BCUT2D eigenvalue weighted by Crippen LogP contribution is 2.37. The Bertz CT molecular complexity index is 795. The van der Waals surface area contributed by atoms with Crippen LogP contribution in [0.1, 0.15) is 60.3 Å². The number of ether oxygens (including phenoxy) is 2. The van der Waals surface area contributed by atoms with Crippen LogP contribution in [0, 0.1) is 5.92 Å². The van der Waals surface area contributed by atoms with E-state index in [1.54, 1.807) is 0 Å². The summed E-state index contributed by atoms with van der Waals surface area (Å²) in [4.78, 5) is 0. The summed E-state index contributed by atoms with van der Waals surface area (Å²) in [5.41, 5.74) is 0. The van der Waals surface area contributed by atoms with Gasteiger partial charge in [0.1, 0.15) is 6.10 Å². The molecule has 0 spiro atoms. The van der Waals surface area contributed by atoms with Gasteiger partial charge in [-0.2, -0.15) is 0 Å². The Morgan fingerprint density at radius 2 is 1.47 bits per heavy atom. The zero-order valence-electron chi connectivity index (χ0n) is 21.7. The second-order valence-corrected chi connectivity index (χ2v) is 15.4. The molecule has 0 aromatic heterocycles. The number of hydrogen-bond acceptors (Lipinski definition) is 4. The van der Waals surface area contributed by atoms with E-state index >= 15 is 0 Å². The quantitative estimate of drug-likeness (QED) is 0.460. The molecule has 2 aromatic rings. The molecule has 1 unspecified atom stereocenters. The summed E-state index contributed by atoms with van der Waals surface area (Å²) in [6, 6.07) is 21.4. The molecule has 1 aliphatic carbocycles. The molecule has 0 amide bonds. The summed E-state index contributed by atoms with van der Waals surface area (Å²) in [6.07, 6.45) is 3.31. The second kappa shape index (κ2) is 12.5. The smallest absolute Gasteiger partial charge is 0.261 e. The maximum atomic E-state index is 10.0. The fraction of sp³-hybridized carbons (Fsp3) is 0.586. The van der Waals surface area contributed by atoms with Crippen LogP contribution in [0.15, 0.2) is 60.7 Å². The number of aliphatic hydroxyl groups is 1. The van der Waals surface area contributed by atoms with E-state index in [1.807, 2.05) is 0 Å². The Hall–Kier alpha value is -1.50. The van der Waals surface area contributed by atoms with Crippen molar-refractivity contribution in [3.63, 3.8) is 0 Å². The van der Waals surface area contributed by atoms with Crippen LogP contribution in [0.2, 0.25) is 5.04 Å². The van der Waals surface area contributed by atoms with Crippen LogP contribution in [0.5, 0.6) is 0 Å². The predicted molar refractivity (Wildman–Crippen MR) is 142 cm³/mol. The highest BCUT2D eigenvalue weighted by Gasteiger charge is 2.50. The molecule has 0 heterocycles. The van der Waals surface area contributed by atoms with Gasteiger partial charge in [0.05, 0.1) is 25.4 Å². The minimum Gasteiger partial charge on any atom is -0.405 e. The van der Waals surface area contributed by atoms with Gasteiger partial charge in [0, 0.05) is 6.61 Å². The number of aliphatic hydroxyl groups excluding tert-OH is 1. The first-order valence-corrected chi connectivity index (χ1v) is 14.8. The van der Waals surface area contributed by atoms with Gasteiger partial charge in [-0.1, -0.05) is 95.3 Å². The third kappa shape index (κ3) is 7.02. The van der Waals surface area contributed by atoms with Crippen LogP contribution >= 0.6 is 0 Å². The van der Waals surface area contributed by atoms with Crippen LogP contribution in [-0.4, -0.2) is 51.6 Å². The zero-order chi connectivity index (χ0) is 24.6. The lowest BCUT2D eigenvalue weighted by molar-refractivity contribution is -0.0844. The van der Waals surface area contributed by atoms with Gasteiger partial charge in [-0.05, 0) is 47.0 Å². The lowest BCUT2D eigenvalue weighted by atomic mass is 9.95. The molecule has 1 aliphatic rings. The van der Waals surface area contributed by atoms with E-state index in [-0.39, 0.29) is 23.4 Å². The van der Waals surface area contributed by atoms with E-state index in [2.05, 4.69) is 95.3 Å². The zero-order valence-corrected chi connectivity index (χ0v) is 22.7. The summed E-state index contributed by atoms with van der Waals surface area (Å²) >= 11 is 0. The fourth-order valence-electron chi connectivity index (χ4n) is 4.97. The average Bonchev–Trinajstić information content (AvgIpc) is 2.81. The molecule has 2 aromatic carbocycles.